The maximum Gasteiger partial charge on any atom is 0.236 e. The molecule has 1 amide bonds. The summed E-state index contributed by atoms with van der Waals surface area (Å²) in [6, 6.07) is 10.3. The zero-order chi connectivity index (χ0) is 15.9. The Labute approximate surface area is 138 Å². The van der Waals surface area contributed by atoms with Gasteiger partial charge in [-0.2, -0.15) is 0 Å². The fraction of sp³-hybridized carbons (Fsp3) is 0.611. The summed E-state index contributed by atoms with van der Waals surface area (Å²) in [5.74, 6) is 0.233. The standard InChI is InChI=1S/C18H26N2O3/c21-18(20-10-12-22-13-11-20)14-19-8-6-17(7-9-19)23-15-16-4-2-1-3-5-16/h1-5,17H,6-15H2. The van der Waals surface area contributed by atoms with E-state index in [0.717, 1.165) is 39.0 Å². The number of hydrogen-bond acceptors (Lipinski definition) is 4. The number of amides is 1. The van der Waals surface area contributed by atoms with Gasteiger partial charge < -0.3 is 14.4 Å². The predicted molar refractivity (Wildman–Crippen MR) is 88.1 cm³/mol. The van der Waals surface area contributed by atoms with E-state index in [2.05, 4.69) is 17.0 Å². The molecule has 1 aromatic carbocycles. The van der Waals surface area contributed by atoms with E-state index in [1.54, 1.807) is 0 Å². The molecule has 2 aliphatic heterocycles. The minimum absolute atomic E-state index is 0.233. The van der Waals surface area contributed by atoms with Crippen LogP contribution in [0.1, 0.15) is 18.4 Å². The van der Waals surface area contributed by atoms with Crippen LogP contribution in [0.2, 0.25) is 0 Å². The van der Waals surface area contributed by atoms with Gasteiger partial charge in [0, 0.05) is 26.2 Å². The number of nitrogens with zero attached hydrogens (tertiary/aromatic N) is 2. The molecule has 0 bridgehead atoms. The van der Waals surface area contributed by atoms with Crippen molar-refractivity contribution in [3.63, 3.8) is 0 Å². The SMILES string of the molecule is O=C(CN1CCC(OCc2ccccc2)CC1)N1CCOCC1. The van der Waals surface area contributed by atoms with Gasteiger partial charge in [-0.3, -0.25) is 9.69 Å². The molecule has 3 rings (SSSR count). The lowest BCUT2D eigenvalue weighted by atomic mass is 10.1. The first kappa shape index (κ1) is 16.4. The molecule has 0 radical (unpaired) electrons. The van der Waals surface area contributed by atoms with Crippen molar-refractivity contribution in [2.75, 3.05) is 45.9 Å². The van der Waals surface area contributed by atoms with Gasteiger partial charge in [0.15, 0.2) is 0 Å². The summed E-state index contributed by atoms with van der Waals surface area (Å²) in [5.41, 5.74) is 1.22. The average molecular weight is 318 g/mol. The van der Waals surface area contributed by atoms with Crippen LogP contribution in [0.15, 0.2) is 30.3 Å². The third-order valence-electron chi connectivity index (χ3n) is 4.59. The van der Waals surface area contributed by atoms with Crippen molar-refractivity contribution in [3.8, 4) is 0 Å². The third kappa shape index (κ3) is 5.03. The molecule has 0 N–H and O–H groups in total. The molecule has 2 heterocycles. The van der Waals surface area contributed by atoms with Gasteiger partial charge in [0.05, 0.1) is 32.5 Å². The number of piperidine rings is 1. The number of benzene rings is 1. The van der Waals surface area contributed by atoms with Crippen molar-refractivity contribution < 1.29 is 14.3 Å². The van der Waals surface area contributed by atoms with E-state index in [1.165, 1.54) is 5.56 Å². The van der Waals surface area contributed by atoms with Crippen LogP contribution in [0.3, 0.4) is 0 Å². The Bertz CT molecular complexity index is 480. The summed E-state index contributed by atoms with van der Waals surface area (Å²) in [7, 11) is 0. The quantitative estimate of drug-likeness (QED) is 0.826. The Morgan fingerprint density at radius 1 is 1.09 bits per heavy atom. The molecule has 23 heavy (non-hydrogen) atoms. The van der Waals surface area contributed by atoms with Gasteiger partial charge in [0.2, 0.25) is 5.91 Å². The number of hydrogen-bond donors (Lipinski definition) is 0. The van der Waals surface area contributed by atoms with Crippen molar-refractivity contribution in [2.24, 2.45) is 0 Å². The van der Waals surface area contributed by atoms with Crippen LogP contribution in [-0.4, -0.2) is 67.7 Å². The Balaban J connectivity index is 1.36. The molecule has 5 nitrogen and oxygen atoms in total. The van der Waals surface area contributed by atoms with Gasteiger partial charge in [-0.05, 0) is 18.4 Å². The lowest BCUT2D eigenvalue weighted by Gasteiger charge is -2.34. The molecule has 2 saturated heterocycles. The normalized spacial score (nSPS) is 20.6. The molecule has 0 aromatic heterocycles. The summed E-state index contributed by atoms with van der Waals surface area (Å²) < 4.78 is 11.3. The fourth-order valence-electron chi connectivity index (χ4n) is 3.13. The van der Waals surface area contributed by atoms with Crippen LogP contribution < -0.4 is 0 Å². The summed E-state index contributed by atoms with van der Waals surface area (Å²) in [6.07, 6.45) is 2.32. The molecular weight excluding hydrogens is 292 g/mol. The van der Waals surface area contributed by atoms with Crippen LogP contribution in [0.5, 0.6) is 0 Å². The van der Waals surface area contributed by atoms with Gasteiger partial charge in [-0.1, -0.05) is 30.3 Å². The summed E-state index contributed by atoms with van der Waals surface area (Å²) >= 11 is 0. The molecule has 0 saturated carbocycles. The molecule has 0 spiro atoms. The van der Waals surface area contributed by atoms with Gasteiger partial charge in [-0.25, -0.2) is 0 Å². The van der Waals surface area contributed by atoms with Crippen LogP contribution in [0.4, 0.5) is 0 Å². The number of carbonyl (C=O) groups is 1. The lowest BCUT2D eigenvalue weighted by molar-refractivity contribution is -0.137. The monoisotopic (exact) mass is 318 g/mol. The van der Waals surface area contributed by atoms with Crippen LogP contribution in [0.25, 0.3) is 0 Å². The second-order valence-corrected chi connectivity index (χ2v) is 6.27. The van der Waals surface area contributed by atoms with E-state index in [4.69, 9.17) is 9.47 Å². The van der Waals surface area contributed by atoms with E-state index in [1.807, 2.05) is 23.1 Å². The topological polar surface area (TPSA) is 42.0 Å². The van der Waals surface area contributed by atoms with Crippen molar-refractivity contribution >= 4 is 5.91 Å². The molecule has 0 aliphatic carbocycles. The second-order valence-electron chi connectivity index (χ2n) is 6.27. The maximum absolute atomic E-state index is 12.3. The number of morpholine rings is 1. The number of ether oxygens (including phenoxy) is 2. The number of carbonyl (C=O) groups excluding carboxylic acids is 1. The zero-order valence-electron chi connectivity index (χ0n) is 13.7. The minimum Gasteiger partial charge on any atom is -0.378 e. The lowest BCUT2D eigenvalue weighted by Crippen LogP contribution is -2.47. The van der Waals surface area contributed by atoms with Crippen molar-refractivity contribution in [2.45, 2.75) is 25.6 Å². The molecule has 126 valence electrons. The first-order valence-electron chi connectivity index (χ1n) is 8.54. The highest BCUT2D eigenvalue weighted by atomic mass is 16.5. The highest BCUT2D eigenvalue weighted by Crippen LogP contribution is 2.16. The Morgan fingerprint density at radius 3 is 2.48 bits per heavy atom. The molecular formula is C18H26N2O3. The molecule has 1 aromatic rings. The van der Waals surface area contributed by atoms with Crippen molar-refractivity contribution in [1.82, 2.24) is 9.80 Å². The minimum atomic E-state index is 0.233. The van der Waals surface area contributed by atoms with E-state index < -0.39 is 0 Å². The molecule has 2 aliphatic rings. The van der Waals surface area contributed by atoms with E-state index >= 15 is 0 Å². The van der Waals surface area contributed by atoms with Gasteiger partial charge in [0.1, 0.15) is 0 Å². The number of likely N-dealkylation sites (tertiary alicyclic amines) is 1. The molecule has 2 fully saturated rings. The van der Waals surface area contributed by atoms with Gasteiger partial charge in [-0.15, -0.1) is 0 Å². The van der Waals surface area contributed by atoms with E-state index in [0.29, 0.717) is 32.5 Å². The zero-order valence-corrected chi connectivity index (χ0v) is 13.7. The number of rotatable bonds is 5. The highest BCUT2D eigenvalue weighted by molar-refractivity contribution is 5.78. The van der Waals surface area contributed by atoms with E-state index in [9.17, 15) is 4.79 Å². The van der Waals surface area contributed by atoms with Gasteiger partial charge in [0.25, 0.3) is 0 Å². The van der Waals surface area contributed by atoms with Crippen LogP contribution in [0, 0.1) is 0 Å². The second kappa shape index (κ2) is 8.43. The molecule has 0 atom stereocenters. The molecule has 5 heteroatoms. The van der Waals surface area contributed by atoms with Crippen LogP contribution in [-0.2, 0) is 20.9 Å². The molecule has 0 unspecified atom stereocenters. The summed E-state index contributed by atoms with van der Waals surface area (Å²) in [6.45, 7) is 5.89. The largest absolute Gasteiger partial charge is 0.378 e. The van der Waals surface area contributed by atoms with Crippen molar-refractivity contribution in [3.05, 3.63) is 35.9 Å². The maximum atomic E-state index is 12.3. The summed E-state index contributed by atoms with van der Waals surface area (Å²) in [4.78, 5) is 16.4. The first-order chi connectivity index (χ1) is 11.3. The van der Waals surface area contributed by atoms with E-state index in [-0.39, 0.29) is 5.91 Å². The average Bonchev–Trinajstić information content (AvgIpc) is 2.63. The van der Waals surface area contributed by atoms with Crippen LogP contribution >= 0.6 is 0 Å². The van der Waals surface area contributed by atoms with Crippen molar-refractivity contribution in [1.29, 1.82) is 0 Å². The Hall–Kier alpha value is -1.43. The smallest absolute Gasteiger partial charge is 0.236 e. The Kier molecular flexibility index (Phi) is 6.02. The third-order valence-corrected chi connectivity index (χ3v) is 4.59. The predicted octanol–water partition coefficient (Wildman–Crippen LogP) is 1.53. The van der Waals surface area contributed by atoms with Gasteiger partial charge >= 0.3 is 0 Å². The Morgan fingerprint density at radius 2 is 1.78 bits per heavy atom. The fourth-order valence-corrected chi connectivity index (χ4v) is 3.13. The highest BCUT2D eigenvalue weighted by Gasteiger charge is 2.24. The first-order valence-corrected chi connectivity index (χ1v) is 8.54. The summed E-state index contributed by atoms with van der Waals surface area (Å²) in [5, 5.41) is 0.